The lowest BCUT2D eigenvalue weighted by Crippen LogP contribution is -2.32. The van der Waals surface area contributed by atoms with Crippen molar-refractivity contribution in [3.8, 4) is 17.6 Å². The van der Waals surface area contributed by atoms with Crippen molar-refractivity contribution < 1.29 is 23.9 Å². The van der Waals surface area contributed by atoms with Gasteiger partial charge < -0.3 is 14.8 Å². The molecule has 0 aliphatic heterocycles. The number of nitrogens with one attached hydrogen (secondary N) is 2. The Hall–Kier alpha value is -4.97. The molecular formula is C24H18N4O5. The van der Waals surface area contributed by atoms with E-state index >= 15 is 0 Å². The predicted octanol–water partition coefficient (Wildman–Crippen LogP) is 2.87. The summed E-state index contributed by atoms with van der Waals surface area (Å²) in [5, 5.41) is 14.9. The number of nitrogens with zero attached hydrogens (tertiary/aromatic N) is 2. The zero-order chi connectivity index (χ0) is 23.6. The van der Waals surface area contributed by atoms with Crippen molar-refractivity contribution in [2.24, 2.45) is 5.10 Å². The molecule has 0 aromatic heterocycles. The molecule has 0 fully saturated rings. The lowest BCUT2D eigenvalue weighted by Gasteiger charge is -2.08. The first-order chi connectivity index (χ1) is 16.0. The zero-order valence-corrected chi connectivity index (χ0v) is 17.4. The Labute approximate surface area is 189 Å². The molecule has 9 nitrogen and oxygen atoms in total. The fourth-order valence-electron chi connectivity index (χ4n) is 2.63. The standard InChI is InChI=1S/C24H18N4O5/c1-32-21-5-3-2-4-20(21)24(31)33-19-12-8-17(9-13-19)15-26-28-23(30)22(29)27-18-10-6-16(14-25)7-11-18/h2-13,15H,1H3,(H,27,29)(H,28,30). The van der Waals surface area contributed by atoms with E-state index in [1.807, 2.05) is 6.07 Å². The topological polar surface area (TPSA) is 130 Å². The Morgan fingerprint density at radius 1 is 0.939 bits per heavy atom. The van der Waals surface area contributed by atoms with Crippen LogP contribution in [0.15, 0.2) is 77.9 Å². The van der Waals surface area contributed by atoms with Crippen LogP contribution in [0.5, 0.6) is 11.5 Å². The highest BCUT2D eigenvalue weighted by Crippen LogP contribution is 2.20. The Morgan fingerprint density at radius 2 is 1.64 bits per heavy atom. The fraction of sp³-hybridized carbons (Fsp3) is 0.0417. The summed E-state index contributed by atoms with van der Waals surface area (Å²) >= 11 is 0. The third-order valence-electron chi connectivity index (χ3n) is 4.28. The molecular weight excluding hydrogens is 424 g/mol. The van der Waals surface area contributed by atoms with Crippen molar-refractivity contribution in [1.82, 2.24) is 5.43 Å². The van der Waals surface area contributed by atoms with Crippen LogP contribution in [0.2, 0.25) is 0 Å². The number of carbonyl (C=O) groups is 3. The third-order valence-corrected chi connectivity index (χ3v) is 4.28. The third kappa shape index (κ3) is 6.26. The van der Waals surface area contributed by atoms with Crippen molar-refractivity contribution in [2.45, 2.75) is 0 Å². The lowest BCUT2D eigenvalue weighted by atomic mass is 10.2. The number of ether oxygens (including phenoxy) is 2. The highest BCUT2D eigenvalue weighted by Gasteiger charge is 2.14. The Bertz CT molecular complexity index is 1230. The van der Waals surface area contributed by atoms with Crippen LogP contribution in [0.4, 0.5) is 5.69 Å². The van der Waals surface area contributed by atoms with E-state index in [0.717, 1.165) is 0 Å². The minimum absolute atomic E-state index is 0.299. The van der Waals surface area contributed by atoms with Crippen LogP contribution in [0.25, 0.3) is 0 Å². The van der Waals surface area contributed by atoms with Crippen LogP contribution < -0.4 is 20.2 Å². The van der Waals surface area contributed by atoms with Gasteiger partial charge in [0.25, 0.3) is 0 Å². The molecule has 0 radical (unpaired) electrons. The first kappa shape index (κ1) is 22.7. The van der Waals surface area contributed by atoms with Gasteiger partial charge in [-0.3, -0.25) is 9.59 Å². The van der Waals surface area contributed by atoms with Crippen LogP contribution in [-0.4, -0.2) is 31.1 Å². The van der Waals surface area contributed by atoms with Crippen molar-refractivity contribution in [3.63, 3.8) is 0 Å². The van der Waals surface area contributed by atoms with E-state index in [1.54, 1.807) is 48.5 Å². The molecule has 164 valence electrons. The number of benzene rings is 3. The molecule has 3 aromatic carbocycles. The van der Waals surface area contributed by atoms with Gasteiger partial charge in [0, 0.05) is 5.69 Å². The summed E-state index contributed by atoms with van der Waals surface area (Å²) in [6.07, 6.45) is 1.33. The lowest BCUT2D eigenvalue weighted by molar-refractivity contribution is -0.136. The molecule has 9 heteroatoms. The van der Waals surface area contributed by atoms with E-state index in [4.69, 9.17) is 14.7 Å². The molecule has 0 aliphatic rings. The molecule has 2 amide bonds. The highest BCUT2D eigenvalue weighted by molar-refractivity contribution is 6.39. The molecule has 0 heterocycles. The monoisotopic (exact) mass is 442 g/mol. The summed E-state index contributed by atoms with van der Waals surface area (Å²) in [5.74, 6) is -1.71. The van der Waals surface area contributed by atoms with Gasteiger partial charge in [-0.2, -0.15) is 10.4 Å². The van der Waals surface area contributed by atoms with Gasteiger partial charge in [0.15, 0.2) is 0 Å². The summed E-state index contributed by atoms with van der Waals surface area (Å²) in [5.41, 5.74) is 3.82. The fourth-order valence-corrected chi connectivity index (χ4v) is 2.63. The van der Waals surface area contributed by atoms with Gasteiger partial charge in [-0.1, -0.05) is 12.1 Å². The highest BCUT2D eigenvalue weighted by atomic mass is 16.5. The minimum atomic E-state index is -0.960. The Kier molecular flexibility index (Phi) is 7.49. The van der Waals surface area contributed by atoms with Crippen LogP contribution in [0, 0.1) is 11.3 Å². The molecule has 3 rings (SSSR count). The molecule has 33 heavy (non-hydrogen) atoms. The largest absolute Gasteiger partial charge is 0.496 e. The first-order valence-corrected chi connectivity index (χ1v) is 9.60. The van der Waals surface area contributed by atoms with Gasteiger partial charge in [-0.05, 0) is 66.2 Å². The summed E-state index contributed by atoms with van der Waals surface area (Å²) in [6, 6.07) is 21.1. The summed E-state index contributed by atoms with van der Waals surface area (Å²) < 4.78 is 10.5. The van der Waals surface area contributed by atoms with Gasteiger partial charge in [0.05, 0.1) is 25.0 Å². The normalized spacial score (nSPS) is 10.2. The van der Waals surface area contributed by atoms with E-state index in [-0.39, 0.29) is 0 Å². The van der Waals surface area contributed by atoms with Crippen LogP contribution >= 0.6 is 0 Å². The number of para-hydroxylation sites is 1. The zero-order valence-electron chi connectivity index (χ0n) is 17.4. The van der Waals surface area contributed by atoms with E-state index < -0.39 is 17.8 Å². The van der Waals surface area contributed by atoms with Crippen molar-refractivity contribution >= 4 is 29.7 Å². The average Bonchev–Trinajstić information content (AvgIpc) is 2.85. The predicted molar refractivity (Wildman–Crippen MR) is 120 cm³/mol. The number of hydrazone groups is 1. The molecule has 0 aliphatic carbocycles. The van der Waals surface area contributed by atoms with Crippen molar-refractivity contribution in [2.75, 3.05) is 12.4 Å². The van der Waals surface area contributed by atoms with Gasteiger partial charge in [0.1, 0.15) is 17.1 Å². The molecule has 0 saturated carbocycles. The maximum absolute atomic E-state index is 12.3. The molecule has 0 spiro atoms. The van der Waals surface area contributed by atoms with Gasteiger partial charge in [-0.25, -0.2) is 10.2 Å². The molecule has 0 atom stereocenters. The number of methoxy groups -OCH3 is 1. The van der Waals surface area contributed by atoms with Crippen molar-refractivity contribution in [1.29, 1.82) is 5.26 Å². The second kappa shape index (κ2) is 10.9. The minimum Gasteiger partial charge on any atom is -0.496 e. The smallest absolute Gasteiger partial charge is 0.347 e. The van der Waals surface area contributed by atoms with Crippen LogP contribution in [0.3, 0.4) is 0 Å². The quantitative estimate of drug-likeness (QED) is 0.199. The molecule has 0 saturated heterocycles. The number of rotatable bonds is 6. The maximum atomic E-state index is 12.3. The first-order valence-electron chi connectivity index (χ1n) is 9.60. The summed E-state index contributed by atoms with van der Waals surface area (Å²) in [7, 11) is 1.47. The number of hydrogen-bond donors (Lipinski definition) is 2. The Balaban J connectivity index is 1.52. The van der Waals surface area contributed by atoms with Gasteiger partial charge in [-0.15, -0.1) is 0 Å². The van der Waals surface area contributed by atoms with Crippen LogP contribution in [-0.2, 0) is 9.59 Å². The second-order valence-electron chi connectivity index (χ2n) is 6.50. The number of hydrogen-bond acceptors (Lipinski definition) is 7. The van der Waals surface area contributed by atoms with E-state index in [2.05, 4.69) is 15.8 Å². The number of esters is 1. The van der Waals surface area contributed by atoms with Gasteiger partial charge >= 0.3 is 17.8 Å². The SMILES string of the molecule is COc1ccccc1C(=O)Oc1ccc(C=NNC(=O)C(=O)Nc2ccc(C#N)cc2)cc1. The van der Waals surface area contributed by atoms with E-state index in [0.29, 0.717) is 33.9 Å². The number of nitriles is 1. The molecule has 0 bridgehead atoms. The summed E-state index contributed by atoms with van der Waals surface area (Å²) in [4.78, 5) is 36.1. The van der Waals surface area contributed by atoms with E-state index in [9.17, 15) is 14.4 Å². The summed E-state index contributed by atoms with van der Waals surface area (Å²) in [6.45, 7) is 0. The number of carbonyl (C=O) groups excluding carboxylic acids is 3. The van der Waals surface area contributed by atoms with E-state index in [1.165, 1.54) is 37.6 Å². The van der Waals surface area contributed by atoms with Crippen molar-refractivity contribution in [3.05, 3.63) is 89.5 Å². The average molecular weight is 442 g/mol. The van der Waals surface area contributed by atoms with Gasteiger partial charge in [0.2, 0.25) is 0 Å². The second-order valence-corrected chi connectivity index (χ2v) is 6.50. The number of amides is 2. The van der Waals surface area contributed by atoms with Crippen LogP contribution in [0.1, 0.15) is 21.5 Å². The molecule has 3 aromatic rings. The Morgan fingerprint density at radius 3 is 2.30 bits per heavy atom. The molecule has 0 unspecified atom stereocenters. The molecule has 2 N–H and O–H groups in total. The number of anilines is 1. The maximum Gasteiger partial charge on any atom is 0.347 e.